The van der Waals surface area contributed by atoms with E-state index in [1.165, 1.54) is 12.0 Å². The maximum Gasteiger partial charge on any atom is 0.249 e. The van der Waals surface area contributed by atoms with Crippen molar-refractivity contribution in [3.8, 4) is 5.75 Å². The first-order valence-electron chi connectivity index (χ1n) is 10.0. The van der Waals surface area contributed by atoms with Crippen molar-refractivity contribution in [3.63, 3.8) is 0 Å². The summed E-state index contributed by atoms with van der Waals surface area (Å²) >= 11 is 0. The quantitative estimate of drug-likeness (QED) is 0.622. The van der Waals surface area contributed by atoms with Crippen molar-refractivity contribution in [1.82, 2.24) is 10.2 Å². The fraction of sp³-hybridized carbons (Fsp3) is 0.348. The number of carbonyl (C=O) groups is 2. The highest BCUT2D eigenvalue weighted by molar-refractivity contribution is 6.01. The third kappa shape index (κ3) is 6.29. The number of ether oxygens (including phenoxy) is 2. The van der Waals surface area contributed by atoms with Crippen LogP contribution in [0.25, 0.3) is 0 Å². The number of carbonyl (C=O) groups excluding carboxylic acids is 2. The lowest BCUT2D eigenvalue weighted by Gasteiger charge is -2.23. The Bertz CT molecular complexity index is 899. The third-order valence-corrected chi connectivity index (χ3v) is 4.94. The first kappa shape index (κ1) is 22.3. The van der Waals surface area contributed by atoms with Crippen LogP contribution >= 0.6 is 0 Å². The summed E-state index contributed by atoms with van der Waals surface area (Å²) in [6.45, 7) is 0.810. The van der Waals surface area contributed by atoms with Gasteiger partial charge in [-0.1, -0.05) is 47.6 Å². The minimum absolute atomic E-state index is 0.0948. The molecule has 31 heavy (non-hydrogen) atoms. The molecule has 8 heteroatoms. The average Bonchev–Trinajstić information content (AvgIpc) is 3.23. The second kappa shape index (κ2) is 11.1. The number of benzene rings is 2. The van der Waals surface area contributed by atoms with Gasteiger partial charge in [0.25, 0.3) is 0 Å². The van der Waals surface area contributed by atoms with Gasteiger partial charge in [-0.15, -0.1) is 0 Å². The Morgan fingerprint density at radius 3 is 2.48 bits per heavy atom. The van der Waals surface area contributed by atoms with Crippen LogP contribution in [0.1, 0.15) is 17.5 Å². The molecule has 1 N–H and O–H groups in total. The largest absolute Gasteiger partial charge is 0.497 e. The number of oxime groups is 1. The summed E-state index contributed by atoms with van der Waals surface area (Å²) in [5.41, 5.74) is 2.56. The van der Waals surface area contributed by atoms with E-state index in [9.17, 15) is 9.59 Å². The van der Waals surface area contributed by atoms with Crippen LogP contribution in [0.15, 0.2) is 59.8 Å². The van der Waals surface area contributed by atoms with Gasteiger partial charge in [-0.05, 0) is 23.3 Å². The van der Waals surface area contributed by atoms with Gasteiger partial charge < -0.3 is 24.5 Å². The molecule has 0 bridgehead atoms. The van der Waals surface area contributed by atoms with Crippen LogP contribution in [0.2, 0.25) is 0 Å². The number of methoxy groups -OCH3 is 2. The number of likely N-dealkylation sites (tertiary alicyclic amines) is 1. The summed E-state index contributed by atoms with van der Waals surface area (Å²) < 4.78 is 10.1. The summed E-state index contributed by atoms with van der Waals surface area (Å²) in [4.78, 5) is 32.2. The van der Waals surface area contributed by atoms with Gasteiger partial charge in [0.2, 0.25) is 11.8 Å². The predicted octanol–water partition coefficient (Wildman–Crippen LogP) is 2.13. The van der Waals surface area contributed by atoms with Crippen molar-refractivity contribution in [3.05, 3.63) is 65.7 Å². The summed E-state index contributed by atoms with van der Waals surface area (Å²) in [6, 6.07) is 16.4. The number of rotatable bonds is 9. The molecule has 0 unspecified atom stereocenters. The smallest absolute Gasteiger partial charge is 0.249 e. The Kier molecular flexibility index (Phi) is 8.00. The molecule has 8 nitrogen and oxygen atoms in total. The molecular weight excluding hydrogens is 398 g/mol. The summed E-state index contributed by atoms with van der Waals surface area (Å²) in [5, 5.41) is 7.08. The Balaban J connectivity index is 1.60. The number of nitrogens with one attached hydrogen (secondary N) is 1. The van der Waals surface area contributed by atoms with Gasteiger partial charge in [-0.25, -0.2) is 0 Å². The van der Waals surface area contributed by atoms with E-state index < -0.39 is 6.04 Å². The van der Waals surface area contributed by atoms with Crippen LogP contribution in [-0.2, 0) is 32.3 Å². The lowest BCUT2D eigenvalue weighted by Crippen LogP contribution is -2.46. The van der Waals surface area contributed by atoms with Gasteiger partial charge in [0.15, 0.2) is 0 Å². The van der Waals surface area contributed by atoms with E-state index in [0.29, 0.717) is 18.7 Å². The van der Waals surface area contributed by atoms with Gasteiger partial charge in [0.05, 0.1) is 19.4 Å². The van der Waals surface area contributed by atoms with Crippen molar-refractivity contribution in [1.29, 1.82) is 0 Å². The number of amides is 2. The van der Waals surface area contributed by atoms with Gasteiger partial charge in [0, 0.05) is 20.1 Å². The molecule has 0 aromatic heterocycles. The van der Waals surface area contributed by atoms with Crippen molar-refractivity contribution in [2.75, 3.05) is 27.4 Å². The van der Waals surface area contributed by atoms with Gasteiger partial charge in [-0.2, -0.15) is 0 Å². The van der Waals surface area contributed by atoms with E-state index in [4.69, 9.17) is 14.3 Å². The van der Waals surface area contributed by atoms with Gasteiger partial charge in [0.1, 0.15) is 25.0 Å². The normalized spacial score (nSPS) is 16.9. The monoisotopic (exact) mass is 425 g/mol. The number of hydrogen-bond donors (Lipinski definition) is 1. The van der Waals surface area contributed by atoms with Crippen LogP contribution in [0.5, 0.6) is 5.75 Å². The first-order chi connectivity index (χ1) is 15.1. The van der Waals surface area contributed by atoms with Crippen LogP contribution in [0, 0.1) is 0 Å². The average molecular weight is 425 g/mol. The highest BCUT2D eigenvalue weighted by Gasteiger charge is 2.37. The molecule has 164 valence electrons. The number of hydrogen-bond acceptors (Lipinski definition) is 6. The van der Waals surface area contributed by atoms with E-state index in [-0.39, 0.29) is 31.6 Å². The van der Waals surface area contributed by atoms with Crippen LogP contribution < -0.4 is 10.1 Å². The van der Waals surface area contributed by atoms with Crippen molar-refractivity contribution in [2.45, 2.75) is 25.6 Å². The van der Waals surface area contributed by atoms with Gasteiger partial charge >= 0.3 is 0 Å². The molecule has 1 aliphatic rings. The van der Waals surface area contributed by atoms with E-state index in [1.807, 2.05) is 54.6 Å². The lowest BCUT2D eigenvalue weighted by atomic mass is 10.1. The Morgan fingerprint density at radius 2 is 1.81 bits per heavy atom. The fourth-order valence-electron chi connectivity index (χ4n) is 3.30. The molecule has 0 saturated carbocycles. The van der Waals surface area contributed by atoms with E-state index in [2.05, 4.69) is 10.5 Å². The molecule has 1 atom stereocenters. The predicted molar refractivity (Wildman–Crippen MR) is 116 cm³/mol. The molecule has 1 aliphatic heterocycles. The molecule has 3 rings (SSSR count). The molecule has 2 amide bonds. The van der Waals surface area contributed by atoms with Crippen LogP contribution in [0.3, 0.4) is 0 Å². The molecular formula is C23H27N3O5. The van der Waals surface area contributed by atoms with Crippen molar-refractivity contribution >= 4 is 17.5 Å². The maximum atomic E-state index is 12.8. The third-order valence-electron chi connectivity index (χ3n) is 4.94. The molecule has 2 aromatic rings. The summed E-state index contributed by atoms with van der Waals surface area (Å²) in [6.07, 6.45) is 0.318. The zero-order valence-electron chi connectivity index (χ0n) is 17.7. The fourth-order valence-corrected chi connectivity index (χ4v) is 3.30. The molecule has 2 aromatic carbocycles. The zero-order chi connectivity index (χ0) is 22.1. The van der Waals surface area contributed by atoms with E-state index in [1.54, 1.807) is 7.11 Å². The minimum atomic E-state index is -0.644. The van der Waals surface area contributed by atoms with E-state index in [0.717, 1.165) is 16.9 Å². The second-order valence-corrected chi connectivity index (χ2v) is 7.16. The molecule has 0 aliphatic carbocycles. The SMILES string of the molecule is COCC(=O)N1C/C(=N\OCc2ccc(OC)cc2)C[C@H]1C(=O)NCc1ccccc1. The van der Waals surface area contributed by atoms with Crippen LogP contribution in [0.4, 0.5) is 0 Å². The standard InChI is InChI=1S/C23H27N3O5/c1-29-16-22(27)26-14-19(25-31-15-18-8-10-20(30-2)11-9-18)12-21(26)23(28)24-13-17-6-4-3-5-7-17/h3-11,21H,12-16H2,1-2H3,(H,24,28)/b25-19-/t21-/m0/s1. The Labute approximate surface area is 181 Å². The van der Waals surface area contributed by atoms with Crippen LogP contribution in [-0.4, -0.2) is 55.8 Å². The first-order valence-corrected chi connectivity index (χ1v) is 10.0. The van der Waals surface area contributed by atoms with Gasteiger partial charge in [-0.3, -0.25) is 9.59 Å². The topological polar surface area (TPSA) is 89.5 Å². The zero-order valence-corrected chi connectivity index (χ0v) is 17.7. The Hall–Kier alpha value is -3.39. The van der Waals surface area contributed by atoms with E-state index >= 15 is 0 Å². The molecule has 0 spiro atoms. The molecule has 0 radical (unpaired) electrons. The van der Waals surface area contributed by atoms with Crippen molar-refractivity contribution < 1.29 is 23.9 Å². The highest BCUT2D eigenvalue weighted by Crippen LogP contribution is 2.18. The van der Waals surface area contributed by atoms with Crippen molar-refractivity contribution in [2.24, 2.45) is 5.16 Å². The summed E-state index contributed by atoms with van der Waals surface area (Å²) in [5.74, 6) is 0.277. The molecule has 1 saturated heterocycles. The Morgan fingerprint density at radius 1 is 1.06 bits per heavy atom. The highest BCUT2D eigenvalue weighted by atomic mass is 16.6. The summed E-state index contributed by atoms with van der Waals surface area (Å²) in [7, 11) is 3.06. The maximum absolute atomic E-state index is 12.8. The molecule has 1 heterocycles. The second-order valence-electron chi connectivity index (χ2n) is 7.16. The number of nitrogens with zero attached hydrogens (tertiary/aromatic N) is 2. The molecule has 1 fully saturated rings. The minimum Gasteiger partial charge on any atom is -0.497 e. The lowest BCUT2D eigenvalue weighted by molar-refractivity contribution is -0.141.